The van der Waals surface area contributed by atoms with Crippen LogP contribution in [0.2, 0.25) is 0 Å². The van der Waals surface area contributed by atoms with Crippen molar-refractivity contribution < 1.29 is 14.6 Å². The van der Waals surface area contributed by atoms with Gasteiger partial charge in [0.05, 0.1) is 0 Å². The highest BCUT2D eigenvalue weighted by atomic mass is 79.9. The Bertz CT molecular complexity index is 365. The second kappa shape index (κ2) is 4.76. The normalized spacial score (nSPS) is 9.50. The Morgan fingerprint density at radius 3 is 2.93 bits per heavy atom. The van der Waals surface area contributed by atoms with Gasteiger partial charge in [0, 0.05) is 0 Å². The van der Waals surface area contributed by atoms with Crippen molar-refractivity contribution in [3.8, 4) is 5.75 Å². The average Bonchev–Trinajstić information content (AvgIpc) is 2.15. The Hall–Kier alpha value is -1.36. The highest BCUT2D eigenvalue weighted by Crippen LogP contribution is 2.22. The number of rotatable bonds is 4. The highest BCUT2D eigenvalue weighted by molar-refractivity contribution is 9.10. The smallest absolute Gasteiger partial charge is 0.354 e. The molecule has 1 N–H and O–H groups in total. The molecule has 0 amide bonds. The van der Waals surface area contributed by atoms with Crippen LogP contribution in [-0.4, -0.2) is 22.7 Å². The average molecular weight is 258 g/mol. The summed E-state index contributed by atoms with van der Waals surface area (Å²) in [4.78, 5) is 14.3. The number of carboxylic acids is 1. The summed E-state index contributed by atoms with van der Waals surface area (Å²) < 4.78 is 5.57. The minimum absolute atomic E-state index is 0.0252. The lowest BCUT2D eigenvalue weighted by Gasteiger charge is -2.04. The van der Waals surface area contributed by atoms with E-state index in [-0.39, 0.29) is 5.69 Å². The zero-order chi connectivity index (χ0) is 10.6. The summed E-state index contributed by atoms with van der Waals surface area (Å²) in [7, 11) is 0. The molecule has 0 aliphatic carbocycles. The molecule has 0 atom stereocenters. The predicted molar refractivity (Wildman–Crippen MR) is 54.6 cm³/mol. The van der Waals surface area contributed by atoms with Crippen molar-refractivity contribution in [1.29, 1.82) is 0 Å². The first kappa shape index (κ1) is 10.7. The zero-order valence-electron chi connectivity index (χ0n) is 7.24. The Morgan fingerprint density at radius 1 is 1.71 bits per heavy atom. The Kier molecular flexibility index (Phi) is 3.64. The lowest BCUT2D eigenvalue weighted by atomic mass is 10.3. The lowest BCUT2D eigenvalue weighted by Crippen LogP contribution is -2.02. The molecule has 14 heavy (non-hydrogen) atoms. The molecule has 1 aromatic heterocycles. The summed E-state index contributed by atoms with van der Waals surface area (Å²) in [6.45, 7) is 3.85. The van der Waals surface area contributed by atoms with Gasteiger partial charge < -0.3 is 9.84 Å². The summed E-state index contributed by atoms with van der Waals surface area (Å²) in [6.07, 6.45) is 1.59. The first-order valence-electron chi connectivity index (χ1n) is 3.78. The van der Waals surface area contributed by atoms with Gasteiger partial charge in [-0.25, -0.2) is 9.78 Å². The molecular weight excluding hydrogens is 250 g/mol. The molecule has 0 bridgehead atoms. The summed E-state index contributed by atoms with van der Waals surface area (Å²) in [6, 6.07) is 2.93. The molecule has 0 spiro atoms. The number of aromatic carboxylic acids is 1. The fourth-order valence-electron chi connectivity index (χ4n) is 0.797. The van der Waals surface area contributed by atoms with Crippen LogP contribution >= 0.6 is 15.9 Å². The van der Waals surface area contributed by atoms with E-state index < -0.39 is 5.97 Å². The van der Waals surface area contributed by atoms with E-state index in [9.17, 15) is 4.79 Å². The molecule has 74 valence electrons. The molecule has 4 nitrogen and oxygen atoms in total. The van der Waals surface area contributed by atoms with Crippen molar-refractivity contribution in [3.63, 3.8) is 0 Å². The van der Waals surface area contributed by atoms with Gasteiger partial charge in [0.25, 0.3) is 0 Å². The molecule has 0 aliphatic heterocycles. The molecule has 0 aromatic carbocycles. The van der Waals surface area contributed by atoms with Crippen molar-refractivity contribution in [3.05, 3.63) is 35.1 Å². The lowest BCUT2D eigenvalue weighted by molar-refractivity contribution is 0.0690. The van der Waals surface area contributed by atoms with Gasteiger partial charge in [-0.1, -0.05) is 12.7 Å². The third-order valence-electron chi connectivity index (χ3n) is 1.39. The van der Waals surface area contributed by atoms with E-state index in [4.69, 9.17) is 9.84 Å². The van der Waals surface area contributed by atoms with Gasteiger partial charge in [0.15, 0.2) is 5.75 Å². The highest BCUT2D eigenvalue weighted by Gasteiger charge is 2.08. The van der Waals surface area contributed by atoms with Crippen LogP contribution in [0.1, 0.15) is 10.5 Å². The molecule has 1 rings (SSSR count). The van der Waals surface area contributed by atoms with E-state index >= 15 is 0 Å². The van der Waals surface area contributed by atoms with Crippen LogP contribution in [0.15, 0.2) is 29.4 Å². The number of carbonyl (C=O) groups is 1. The fraction of sp³-hybridized carbons (Fsp3) is 0.111. The van der Waals surface area contributed by atoms with Gasteiger partial charge >= 0.3 is 5.97 Å². The largest absolute Gasteiger partial charge is 0.487 e. The summed E-state index contributed by atoms with van der Waals surface area (Å²) >= 11 is 3.11. The van der Waals surface area contributed by atoms with Crippen LogP contribution in [0.5, 0.6) is 5.75 Å². The SMILES string of the molecule is C=CCOc1ccc(C(=O)O)nc1Br. The van der Waals surface area contributed by atoms with E-state index in [1.807, 2.05) is 0 Å². The number of hydrogen-bond donors (Lipinski definition) is 1. The van der Waals surface area contributed by atoms with E-state index in [1.165, 1.54) is 6.07 Å². The van der Waals surface area contributed by atoms with Crippen LogP contribution in [0.4, 0.5) is 0 Å². The summed E-state index contributed by atoms with van der Waals surface area (Å²) in [5.74, 6) is -0.573. The van der Waals surface area contributed by atoms with Gasteiger partial charge in [-0.05, 0) is 28.1 Å². The number of aromatic nitrogens is 1. The van der Waals surface area contributed by atoms with Crippen LogP contribution in [0.3, 0.4) is 0 Å². The van der Waals surface area contributed by atoms with Crippen molar-refractivity contribution in [2.24, 2.45) is 0 Å². The molecule has 0 aliphatic rings. The standard InChI is InChI=1S/C9H8BrNO3/c1-2-5-14-7-4-3-6(9(12)13)11-8(7)10/h2-4H,1,5H2,(H,12,13). The molecule has 0 fully saturated rings. The van der Waals surface area contributed by atoms with E-state index in [1.54, 1.807) is 12.1 Å². The Morgan fingerprint density at radius 2 is 2.43 bits per heavy atom. The second-order valence-corrected chi connectivity index (χ2v) is 3.14. The number of hydrogen-bond acceptors (Lipinski definition) is 3. The molecule has 5 heteroatoms. The number of ether oxygens (including phenoxy) is 1. The predicted octanol–water partition coefficient (Wildman–Crippen LogP) is 2.11. The molecule has 1 aromatic rings. The topological polar surface area (TPSA) is 59.4 Å². The van der Waals surface area contributed by atoms with E-state index in [2.05, 4.69) is 27.5 Å². The fourth-order valence-corrected chi connectivity index (χ4v) is 1.23. The number of nitrogens with zero attached hydrogens (tertiary/aromatic N) is 1. The van der Waals surface area contributed by atoms with Gasteiger partial charge in [-0.3, -0.25) is 0 Å². The van der Waals surface area contributed by atoms with E-state index in [0.717, 1.165) is 0 Å². The van der Waals surface area contributed by atoms with Gasteiger partial charge in [0.2, 0.25) is 0 Å². The van der Waals surface area contributed by atoms with Crippen LogP contribution in [0, 0.1) is 0 Å². The monoisotopic (exact) mass is 257 g/mol. The van der Waals surface area contributed by atoms with Gasteiger partial charge in [-0.15, -0.1) is 0 Å². The third kappa shape index (κ3) is 2.56. The maximum absolute atomic E-state index is 10.5. The molecule has 0 saturated heterocycles. The Labute approximate surface area is 89.4 Å². The number of pyridine rings is 1. The molecule has 0 radical (unpaired) electrons. The maximum atomic E-state index is 10.5. The molecule has 1 heterocycles. The van der Waals surface area contributed by atoms with Gasteiger partial charge in [0.1, 0.15) is 16.9 Å². The van der Waals surface area contributed by atoms with E-state index in [0.29, 0.717) is 17.0 Å². The van der Waals surface area contributed by atoms with Crippen molar-refractivity contribution in [2.75, 3.05) is 6.61 Å². The number of halogens is 1. The number of carboxylic acid groups (broad SMARTS) is 1. The van der Waals surface area contributed by atoms with Crippen LogP contribution < -0.4 is 4.74 Å². The quantitative estimate of drug-likeness (QED) is 0.663. The van der Waals surface area contributed by atoms with Crippen LogP contribution in [-0.2, 0) is 0 Å². The molecule has 0 saturated carbocycles. The summed E-state index contributed by atoms with van der Waals surface area (Å²) in [5.41, 5.74) is -0.0252. The van der Waals surface area contributed by atoms with Crippen molar-refractivity contribution in [2.45, 2.75) is 0 Å². The first-order valence-corrected chi connectivity index (χ1v) is 4.58. The Balaban J connectivity index is 2.89. The van der Waals surface area contributed by atoms with Crippen molar-refractivity contribution in [1.82, 2.24) is 4.98 Å². The molecular formula is C9H8BrNO3. The third-order valence-corrected chi connectivity index (χ3v) is 1.96. The summed E-state index contributed by atoms with van der Waals surface area (Å²) in [5, 5.41) is 8.64. The maximum Gasteiger partial charge on any atom is 0.354 e. The minimum Gasteiger partial charge on any atom is -0.487 e. The minimum atomic E-state index is -1.07. The van der Waals surface area contributed by atoms with Gasteiger partial charge in [-0.2, -0.15) is 0 Å². The second-order valence-electron chi connectivity index (χ2n) is 2.39. The van der Waals surface area contributed by atoms with Crippen molar-refractivity contribution >= 4 is 21.9 Å². The van der Waals surface area contributed by atoms with Crippen LogP contribution in [0.25, 0.3) is 0 Å². The zero-order valence-corrected chi connectivity index (χ0v) is 8.82. The molecule has 0 unspecified atom stereocenters. The first-order chi connectivity index (χ1) is 6.65.